The van der Waals surface area contributed by atoms with Gasteiger partial charge in [0.15, 0.2) is 0 Å². The number of nitrogens with one attached hydrogen (secondary N) is 1. The number of hydrogen-bond donors (Lipinski definition) is 1. The maximum atomic E-state index is 6.14. The Kier molecular flexibility index (Phi) is 4.43. The van der Waals surface area contributed by atoms with Crippen molar-refractivity contribution in [1.29, 1.82) is 0 Å². The van der Waals surface area contributed by atoms with E-state index >= 15 is 0 Å². The minimum atomic E-state index is 0.697. The summed E-state index contributed by atoms with van der Waals surface area (Å²) in [5.41, 5.74) is 2.03. The Labute approximate surface area is 113 Å². The summed E-state index contributed by atoms with van der Waals surface area (Å²) in [5.74, 6) is 0.697. The van der Waals surface area contributed by atoms with Gasteiger partial charge in [0.1, 0.15) is 0 Å². The molecule has 0 amide bonds. The molecule has 96 valence electrons. The Bertz CT molecular complexity index is 521. The SMILES string of the molecule is CCC(CC)CNc1cc(Cl)cc2cccnc12. The first-order valence-corrected chi connectivity index (χ1v) is 6.90. The van der Waals surface area contributed by atoms with Crippen molar-refractivity contribution in [2.24, 2.45) is 5.92 Å². The summed E-state index contributed by atoms with van der Waals surface area (Å²) >= 11 is 6.14. The fraction of sp³-hybridized carbons (Fsp3) is 0.400. The van der Waals surface area contributed by atoms with Gasteiger partial charge in [0, 0.05) is 23.2 Å². The average Bonchev–Trinajstić information content (AvgIpc) is 2.39. The summed E-state index contributed by atoms with van der Waals surface area (Å²) in [6, 6.07) is 7.88. The number of pyridine rings is 1. The summed E-state index contributed by atoms with van der Waals surface area (Å²) in [6.07, 6.45) is 4.20. The van der Waals surface area contributed by atoms with Crippen molar-refractivity contribution in [2.75, 3.05) is 11.9 Å². The van der Waals surface area contributed by atoms with Gasteiger partial charge in [0.25, 0.3) is 0 Å². The number of rotatable bonds is 5. The van der Waals surface area contributed by atoms with Crippen LogP contribution < -0.4 is 5.32 Å². The number of fused-ring (bicyclic) bond motifs is 1. The van der Waals surface area contributed by atoms with Gasteiger partial charge in [-0.15, -0.1) is 0 Å². The molecule has 1 aromatic carbocycles. The molecule has 0 aliphatic carbocycles. The molecule has 0 bridgehead atoms. The van der Waals surface area contributed by atoms with Crippen molar-refractivity contribution >= 4 is 28.2 Å². The van der Waals surface area contributed by atoms with E-state index in [9.17, 15) is 0 Å². The summed E-state index contributed by atoms with van der Waals surface area (Å²) in [5, 5.41) is 5.32. The van der Waals surface area contributed by atoms with Gasteiger partial charge in [-0.1, -0.05) is 44.4 Å². The molecule has 2 aromatic rings. The molecule has 0 spiro atoms. The number of nitrogens with zero attached hydrogens (tertiary/aromatic N) is 1. The molecule has 0 aliphatic heterocycles. The molecule has 0 aliphatic rings. The fourth-order valence-corrected chi connectivity index (χ4v) is 2.35. The second kappa shape index (κ2) is 6.05. The van der Waals surface area contributed by atoms with Gasteiger partial charge in [-0.3, -0.25) is 4.98 Å². The van der Waals surface area contributed by atoms with Crippen molar-refractivity contribution in [3.8, 4) is 0 Å². The molecular formula is C15H19ClN2. The van der Waals surface area contributed by atoms with E-state index in [-0.39, 0.29) is 0 Å². The lowest BCUT2D eigenvalue weighted by molar-refractivity contribution is 0.519. The molecule has 0 saturated carbocycles. The molecule has 1 N–H and O–H groups in total. The van der Waals surface area contributed by atoms with Crippen molar-refractivity contribution in [3.63, 3.8) is 0 Å². The lowest BCUT2D eigenvalue weighted by atomic mass is 10.0. The predicted molar refractivity (Wildman–Crippen MR) is 79.3 cm³/mol. The van der Waals surface area contributed by atoms with Gasteiger partial charge >= 0.3 is 0 Å². The van der Waals surface area contributed by atoms with E-state index in [0.29, 0.717) is 5.92 Å². The monoisotopic (exact) mass is 262 g/mol. The number of anilines is 1. The zero-order chi connectivity index (χ0) is 13.0. The Morgan fingerprint density at radius 2 is 2.06 bits per heavy atom. The van der Waals surface area contributed by atoms with Gasteiger partial charge in [-0.05, 0) is 24.1 Å². The maximum Gasteiger partial charge on any atom is 0.0934 e. The maximum absolute atomic E-state index is 6.14. The zero-order valence-electron chi connectivity index (χ0n) is 10.9. The minimum absolute atomic E-state index is 0.697. The first kappa shape index (κ1) is 13.2. The highest BCUT2D eigenvalue weighted by molar-refractivity contribution is 6.31. The van der Waals surface area contributed by atoms with Crippen LogP contribution in [0.4, 0.5) is 5.69 Å². The molecule has 0 fully saturated rings. The highest BCUT2D eigenvalue weighted by Crippen LogP contribution is 2.26. The van der Waals surface area contributed by atoms with Gasteiger partial charge in [-0.2, -0.15) is 0 Å². The lowest BCUT2D eigenvalue weighted by Gasteiger charge is -2.15. The normalized spacial score (nSPS) is 11.1. The van der Waals surface area contributed by atoms with Crippen LogP contribution in [0.2, 0.25) is 5.02 Å². The Hall–Kier alpha value is -1.28. The quantitative estimate of drug-likeness (QED) is 0.842. The highest BCUT2D eigenvalue weighted by atomic mass is 35.5. The molecule has 0 unspecified atom stereocenters. The molecule has 0 atom stereocenters. The molecule has 2 nitrogen and oxygen atoms in total. The van der Waals surface area contributed by atoms with E-state index in [1.807, 2.05) is 30.5 Å². The smallest absolute Gasteiger partial charge is 0.0934 e. The average molecular weight is 263 g/mol. The summed E-state index contributed by atoms with van der Waals surface area (Å²) < 4.78 is 0. The van der Waals surface area contributed by atoms with Gasteiger partial charge in [0.2, 0.25) is 0 Å². The van der Waals surface area contributed by atoms with E-state index in [4.69, 9.17) is 11.6 Å². The van der Waals surface area contributed by atoms with E-state index < -0.39 is 0 Å². The van der Waals surface area contributed by atoms with Gasteiger partial charge < -0.3 is 5.32 Å². The van der Waals surface area contributed by atoms with Crippen LogP contribution in [0.5, 0.6) is 0 Å². The summed E-state index contributed by atoms with van der Waals surface area (Å²) in [6.45, 7) is 5.42. The fourth-order valence-electron chi connectivity index (χ4n) is 2.12. The second-order valence-electron chi connectivity index (χ2n) is 4.59. The molecule has 1 heterocycles. The Morgan fingerprint density at radius 3 is 2.78 bits per heavy atom. The molecule has 1 aromatic heterocycles. The number of aromatic nitrogens is 1. The van der Waals surface area contributed by atoms with E-state index in [0.717, 1.165) is 28.2 Å². The number of hydrogen-bond acceptors (Lipinski definition) is 2. The first-order valence-electron chi connectivity index (χ1n) is 6.52. The van der Waals surface area contributed by atoms with E-state index in [1.165, 1.54) is 12.8 Å². The van der Waals surface area contributed by atoms with Crippen LogP contribution in [0.25, 0.3) is 10.9 Å². The molecule has 0 saturated heterocycles. The van der Waals surface area contributed by atoms with Crippen molar-refractivity contribution in [2.45, 2.75) is 26.7 Å². The van der Waals surface area contributed by atoms with Gasteiger partial charge in [-0.25, -0.2) is 0 Å². The van der Waals surface area contributed by atoms with Crippen LogP contribution >= 0.6 is 11.6 Å². The number of halogens is 1. The molecule has 18 heavy (non-hydrogen) atoms. The standard InChI is InChI=1S/C15H19ClN2/c1-3-11(4-2)10-18-14-9-13(16)8-12-6-5-7-17-15(12)14/h5-9,11,18H,3-4,10H2,1-2H3. The van der Waals surface area contributed by atoms with E-state index in [2.05, 4.69) is 24.1 Å². The zero-order valence-corrected chi connectivity index (χ0v) is 11.7. The highest BCUT2D eigenvalue weighted by Gasteiger charge is 2.07. The predicted octanol–water partition coefficient (Wildman–Crippen LogP) is 4.74. The molecule has 2 rings (SSSR count). The third kappa shape index (κ3) is 2.94. The van der Waals surface area contributed by atoms with Crippen LogP contribution in [0.1, 0.15) is 26.7 Å². The third-order valence-corrected chi connectivity index (χ3v) is 3.62. The largest absolute Gasteiger partial charge is 0.383 e. The molecule has 0 radical (unpaired) electrons. The van der Waals surface area contributed by atoms with Crippen molar-refractivity contribution < 1.29 is 0 Å². The van der Waals surface area contributed by atoms with Crippen molar-refractivity contribution in [1.82, 2.24) is 4.98 Å². The van der Waals surface area contributed by atoms with Gasteiger partial charge in [0.05, 0.1) is 11.2 Å². The summed E-state index contributed by atoms with van der Waals surface area (Å²) in [4.78, 5) is 4.43. The van der Waals surface area contributed by atoms with Crippen LogP contribution in [-0.4, -0.2) is 11.5 Å². The number of benzene rings is 1. The van der Waals surface area contributed by atoms with Crippen LogP contribution in [-0.2, 0) is 0 Å². The van der Waals surface area contributed by atoms with Crippen LogP contribution in [0, 0.1) is 5.92 Å². The minimum Gasteiger partial charge on any atom is -0.383 e. The Balaban J connectivity index is 2.26. The third-order valence-electron chi connectivity index (χ3n) is 3.41. The lowest BCUT2D eigenvalue weighted by Crippen LogP contribution is -2.13. The first-order chi connectivity index (χ1) is 8.74. The van der Waals surface area contributed by atoms with E-state index in [1.54, 1.807) is 0 Å². The topological polar surface area (TPSA) is 24.9 Å². The Morgan fingerprint density at radius 1 is 1.28 bits per heavy atom. The van der Waals surface area contributed by atoms with Crippen molar-refractivity contribution in [3.05, 3.63) is 35.5 Å². The molecule has 3 heteroatoms. The van der Waals surface area contributed by atoms with Crippen LogP contribution in [0.3, 0.4) is 0 Å². The van der Waals surface area contributed by atoms with Crippen LogP contribution in [0.15, 0.2) is 30.5 Å². The summed E-state index contributed by atoms with van der Waals surface area (Å²) in [7, 11) is 0. The second-order valence-corrected chi connectivity index (χ2v) is 5.03. The molecular weight excluding hydrogens is 244 g/mol.